The van der Waals surface area contributed by atoms with Gasteiger partial charge in [0.2, 0.25) is 0 Å². The van der Waals surface area contributed by atoms with Gasteiger partial charge in [0.05, 0.1) is 12.8 Å². The molecule has 144 valence electrons. The number of nitrogens with zero attached hydrogens (tertiary/aromatic N) is 1. The first-order valence-corrected chi connectivity index (χ1v) is 9.88. The Kier molecular flexibility index (Phi) is 6.61. The minimum atomic E-state index is -0.351. The Morgan fingerprint density at radius 3 is 2.54 bits per heavy atom. The molecular formula is C23H23NO3S. The van der Waals surface area contributed by atoms with Gasteiger partial charge in [0, 0.05) is 17.0 Å². The van der Waals surface area contributed by atoms with Crippen LogP contribution in [0, 0.1) is 6.92 Å². The second-order valence-electron chi connectivity index (χ2n) is 6.44. The molecule has 1 atom stereocenters. The molecular weight excluding hydrogens is 370 g/mol. The van der Waals surface area contributed by atoms with Crippen molar-refractivity contribution in [3.63, 3.8) is 0 Å². The van der Waals surface area contributed by atoms with Crippen molar-refractivity contribution in [1.82, 2.24) is 0 Å². The van der Waals surface area contributed by atoms with E-state index in [1.54, 1.807) is 0 Å². The van der Waals surface area contributed by atoms with Crippen LogP contribution in [0.4, 0.5) is 5.69 Å². The molecule has 0 N–H and O–H groups in total. The molecule has 2 aromatic carbocycles. The lowest BCUT2D eigenvalue weighted by molar-refractivity contribution is 0.0601. The van der Waals surface area contributed by atoms with Gasteiger partial charge in [0.15, 0.2) is 4.88 Å². The number of esters is 1. The lowest BCUT2D eigenvalue weighted by Crippen LogP contribution is -2.02. The maximum absolute atomic E-state index is 11.6. The van der Waals surface area contributed by atoms with Crippen LogP contribution in [0.2, 0.25) is 0 Å². The molecule has 28 heavy (non-hydrogen) atoms. The Balaban J connectivity index is 0.000000188. The van der Waals surface area contributed by atoms with Crippen molar-refractivity contribution in [1.29, 1.82) is 0 Å². The van der Waals surface area contributed by atoms with Crippen LogP contribution in [0.15, 0.2) is 65.7 Å². The highest BCUT2D eigenvalue weighted by atomic mass is 32.1. The van der Waals surface area contributed by atoms with Crippen molar-refractivity contribution in [2.75, 3.05) is 7.11 Å². The predicted octanol–water partition coefficient (Wildman–Crippen LogP) is 5.93. The number of para-hydroxylation sites is 1. The highest BCUT2D eigenvalue weighted by Crippen LogP contribution is 2.31. The summed E-state index contributed by atoms with van der Waals surface area (Å²) in [7, 11) is 1.37. The van der Waals surface area contributed by atoms with E-state index in [0.717, 1.165) is 16.1 Å². The highest BCUT2D eigenvalue weighted by molar-refractivity contribution is 7.14. The molecule has 4 rings (SSSR count). The van der Waals surface area contributed by atoms with Gasteiger partial charge >= 0.3 is 5.97 Å². The molecule has 0 amide bonds. The number of aliphatic imine (C=N–C) groups is 1. The van der Waals surface area contributed by atoms with E-state index in [1.807, 2.05) is 55.6 Å². The lowest BCUT2D eigenvalue weighted by atomic mass is 10.0. The van der Waals surface area contributed by atoms with Gasteiger partial charge in [-0.2, -0.15) is 0 Å². The average Bonchev–Trinajstić information content (AvgIpc) is 3.30. The quantitative estimate of drug-likeness (QED) is 0.516. The summed E-state index contributed by atoms with van der Waals surface area (Å²) >= 11 is 1.38. The summed E-state index contributed by atoms with van der Waals surface area (Å²) < 4.78 is 10.4. The third-order valence-corrected chi connectivity index (χ3v) is 5.31. The van der Waals surface area contributed by atoms with Crippen molar-refractivity contribution in [2.45, 2.75) is 26.4 Å². The standard InChI is InChI=1S/C14H14O3S.C9H9N/c1-10-8-12(13(18-10)14(15)16-2)17-9-11-6-4-3-5-7-11;1-7-6-10-9-5-3-2-4-8(7)9/h3-8H,9H2,1-2H3;2-7H,1H3. The molecule has 0 radical (unpaired) electrons. The van der Waals surface area contributed by atoms with Crippen molar-refractivity contribution in [3.05, 3.63) is 81.5 Å². The summed E-state index contributed by atoms with van der Waals surface area (Å²) in [6.45, 7) is 4.54. The monoisotopic (exact) mass is 393 g/mol. The largest absolute Gasteiger partial charge is 0.487 e. The number of fused-ring (bicyclic) bond motifs is 1. The summed E-state index contributed by atoms with van der Waals surface area (Å²) in [6.07, 6.45) is 1.99. The van der Waals surface area contributed by atoms with Gasteiger partial charge in [-0.1, -0.05) is 55.5 Å². The van der Waals surface area contributed by atoms with E-state index in [2.05, 4.69) is 30.1 Å². The molecule has 0 aliphatic carbocycles. The van der Waals surface area contributed by atoms with Crippen LogP contribution in [0.3, 0.4) is 0 Å². The summed E-state index contributed by atoms with van der Waals surface area (Å²) in [5.41, 5.74) is 3.55. The second kappa shape index (κ2) is 9.33. The number of methoxy groups -OCH3 is 1. The molecule has 4 nitrogen and oxygen atoms in total. The van der Waals surface area contributed by atoms with Crippen molar-refractivity contribution in [3.8, 4) is 5.75 Å². The van der Waals surface area contributed by atoms with Crippen LogP contribution < -0.4 is 4.74 Å². The fraction of sp³-hybridized carbons (Fsp3) is 0.217. The Hall–Kier alpha value is -2.92. The lowest BCUT2D eigenvalue weighted by Gasteiger charge is -2.06. The molecule has 1 aromatic heterocycles. The van der Waals surface area contributed by atoms with Crippen LogP contribution >= 0.6 is 11.3 Å². The third kappa shape index (κ3) is 4.87. The van der Waals surface area contributed by atoms with Gasteiger partial charge in [-0.05, 0) is 30.2 Å². The molecule has 5 heteroatoms. The van der Waals surface area contributed by atoms with Crippen molar-refractivity contribution >= 4 is 29.2 Å². The molecule has 0 saturated carbocycles. The Bertz CT molecular complexity index is 963. The first-order valence-electron chi connectivity index (χ1n) is 9.07. The smallest absolute Gasteiger partial charge is 0.351 e. The van der Waals surface area contributed by atoms with E-state index in [-0.39, 0.29) is 5.97 Å². The fourth-order valence-electron chi connectivity index (χ4n) is 2.83. The van der Waals surface area contributed by atoms with E-state index in [4.69, 9.17) is 9.47 Å². The molecule has 0 saturated heterocycles. The maximum Gasteiger partial charge on any atom is 0.351 e. The number of carbonyl (C=O) groups excluding carboxylic acids is 1. The van der Waals surface area contributed by atoms with Gasteiger partial charge in [0.25, 0.3) is 0 Å². The number of aryl methyl sites for hydroxylation is 1. The van der Waals surface area contributed by atoms with Gasteiger partial charge in [-0.15, -0.1) is 11.3 Å². The number of ether oxygens (including phenoxy) is 2. The molecule has 0 fully saturated rings. The van der Waals surface area contributed by atoms with Gasteiger partial charge in [-0.25, -0.2) is 4.79 Å². The number of hydrogen-bond acceptors (Lipinski definition) is 5. The number of hydrogen-bond donors (Lipinski definition) is 0. The SMILES string of the molecule is CC1C=Nc2ccccc21.COC(=O)c1sc(C)cc1OCc1ccccc1. The van der Waals surface area contributed by atoms with Crippen LogP contribution in [-0.2, 0) is 11.3 Å². The summed E-state index contributed by atoms with van der Waals surface area (Å²) in [5.74, 6) is 0.751. The van der Waals surface area contributed by atoms with Gasteiger partial charge < -0.3 is 9.47 Å². The minimum absolute atomic E-state index is 0.351. The van der Waals surface area contributed by atoms with E-state index < -0.39 is 0 Å². The zero-order chi connectivity index (χ0) is 19.9. The zero-order valence-corrected chi connectivity index (χ0v) is 17.0. The maximum atomic E-state index is 11.6. The summed E-state index contributed by atoms with van der Waals surface area (Å²) in [6, 6.07) is 20.0. The average molecular weight is 394 g/mol. The van der Waals surface area contributed by atoms with Crippen LogP contribution in [0.25, 0.3) is 0 Å². The number of benzene rings is 2. The van der Waals surface area contributed by atoms with Crippen molar-refractivity contribution < 1.29 is 14.3 Å². The fourth-order valence-corrected chi connectivity index (χ4v) is 3.70. The number of rotatable bonds is 4. The minimum Gasteiger partial charge on any atom is -0.487 e. The van der Waals surface area contributed by atoms with E-state index in [9.17, 15) is 4.79 Å². The van der Waals surface area contributed by atoms with Crippen LogP contribution in [0.5, 0.6) is 5.75 Å². The first kappa shape index (κ1) is 19.8. The second-order valence-corrected chi connectivity index (χ2v) is 7.70. The molecule has 1 aliphatic rings. The number of thiophene rings is 1. The predicted molar refractivity (Wildman–Crippen MR) is 114 cm³/mol. The Labute approximate surface area is 169 Å². The van der Waals surface area contributed by atoms with E-state index in [1.165, 1.54) is 24.0 Å². The third-order valence-electron chi connectivity index (χ3n) is 4.29. The van der Waals surface area contributed by atoms with Gasteiger partial charge in [-0.3, -0.25) is 4.99 Å². The molecule has 1 aliphatic heterocycles. The van der Waals surface area contributed by atoms with Crippen LogP contribution in [-0.4, -0.2) is 19.3 Å². The van der Waals surface area contributed by atoms with E-state index >= 15 is 0 Å². The summed E-state index contributed by atoms with van der Waals surface area (Å²) in [4.78, 5) is 17.4. The van der Waals surface area contributed by atoms with E-state index in [0.29, 0.717) is 23.2 Å². The van der Waals surface area contributed by atoms with Gasteiger partial charge in [0.1, 0.15) is 12.4 Å². The molecule has 3 aromatic rings. The Morgan fingerprint density at radius 2 is 1.82 bits per heavy atom. The normalized spacial score (nSPS) is 14.0. The molecule has 0 bridgehead atoms. The number of carbonyl (C=O) groups is 1. The first-order chi connectivity index (χ1) is 13.6. The topological polar surface area (TPSA) is 47.9 Å². The van der Waals surface area contributed by atoms with Crippen LogP contribution in [0.1, 0.15) is 38.5 Å². The Morgan fingerprint density at radius 1 is 1.11 bits per heavy atom. The summed E-state index contributed by atoms with van der Waals surface area (Å²) in [5, 5.41) is 0. The van der Waals surface area contributed by atoms with Crippen molar-refractivity contribution in [2.24, 2.45) is 4.99 Å². The molecule has 2 heterocycles. The molecule has 1 unspecified atom stereocenters. The zero-order valence-electron chi connectivity index (χ0n) is 16.2. The highest BCUT2D eigenvalue weighted by Gasteiger charge is 2.17. The molecule has 0 spiro atoms.